The van der Waals surface area contributed by atoms with Crippen molar-refractivity contribution in [1.29, 1.82) is 0 Å². The van der Waals surface area contributed by atoms with Crippen molar-refractivity contribution in [2.75, 3.05) is 14.2 Å². The molecule has 0 saturated heterocycles. The van der Waals surface area contributed by atoms with Crippen molar-refractivity contribution in [3.05, 3.63) is 0 Å². The van der Waals surface area contributed by atoms with Gasteiger partial charge in [-0.15, -0.1) is 0 Å². The fraction of sp³-hybridized carbons (Fsp3) is 0.900. The molecule has 1 aliphatic rings. The van der Waals surface area contributed by atoms with E-state index in [-0.39, 0.29) is 11.9 Å². The van der Waals surface area contributed by atoms with E-state index in [0.29, 0.717) is 12.0 Å². The summed E-state index contributed by atoms with van der Waals surface area (Å²) in [4.78, 5) is 11.3. The summed E-state index contributed by atoms with van der Waals surface area (Å²) in [5.74, 6) is 0.661. The molecule has 3 atom stereocenters. The first kappa shape index (κ1) is 10.5. The lowest BCUT2D eigenvalue weighted by atomic mass is 9.79. The molecule has 0 heterocycles. The highest BCUT2D eigenvalue weighted by molar-refractivity contribution is 5.72. The van der Waals surface area contributed by atoms with Gasteiger partial charge < -0.3 is 10.1 Å². The molecule has 1 N–H and O–H groups in total. The molecule has 0 aliphatic heterocycles. The molecule has 0 aromatic heterocycles. The Balaban J connectivity index is 2.45. The van der Waals surface area contributed by atoms with Gasteiger partial charge in [-0.25, -0.2) is 0 Å². The van der Waals surface area contributed by atoms with Gasteiger partial charge in [-0.05, 0) is 32.2 Å². The van der Waals surface area contributed by atoms with Crippen molar-refractivity contribution in [2.45, 2.75) is 32.2 Å². The van der Waals surface area contributed by atoms with Crippen molar-refractivity contribution in [1.82, 2.24) is 5.32 Å². The van der Waals surface area contributed by atoms with Crippen LogP contribution in [0.25, 0.3) is 0 Å². The van der Waals surface area contributed by atoms with E-state index >= 15 is 0 Å². The van der Waals surface area contributed by atoms with Crippen LogP contribution in [0.15, 0.2) is 0 Å². The topological polar surface area (TPSA) is 38.3 Å². The van der Waals surface area contributed by atoms with Crippen LogP contribution >= 0.6 is 0 Å². The number of carbonyl (C=O) groups is 1. The van der Waals surface area contributed by atoms with Gasteiger partial charge in [0.05, 0.1) is 13.0 Å². The first-order valence-electron chi connectivity index (χ1n) is 4.94. The fourth-order valence-electron chi connectivity index (χ4n) is 2.21. The highest BCUT2D eigenvalue weighted by Crippen LogP contribution is 2.29. The highest BCUT2D eigenvalue weighted by atomic mass is 16.5. The maximum absolute atomic E-state index is 11.3. The average Bonchev–Trinajstić information content (AvgIpc) is 2.16. The average molecular weight is 185 g/mol. The van der Waals surface area contributed by atoms with E-state index in [0.717, 1.165) is 19.3 Å². The van der Waals surface area contributed by atoms with Crippen molar-refractivity contribution in [2.24, 2.45) is 11.8 Å². The lowest BCUT2D eigenvalue weighted by Crippen LogP contribution is -2.39. The van der Waals surface area contributed by atoms with E-state index < -0.39 is 0 Å². The SMILES string of the molecule is CNC1CC[C@@H](C(=O)OC)C[C@H]1C. The molecule has 3 nitrogen and oxygen atoms in total. The molecule has 1 rings (SSSR count). The van der Waals surface area contributed by atoms with E-state index in [9.17, 15) is 4.79 Å². The number of hydrogen-bond acceptors (Lipinski definition) is 3. The van der Waals surface area contributed by atoms with Gasteiger partial charge in [0.25, 0.3) is 0 Å². The molecule has 0 aromatic carbocycles. The molecule has 0 radical (unpaired) electrons. The largest absolute Gasteiger partial charge is 0.469 e. The van der Waals surface area contributed by atoms with E-state index in [4.69, 9.17) is 4.74 Å². The second-order valence-corrected chi connectivity index (χ2v) is 3.91. The minimum atomic E-state index is -0.0404. The lowest BCUT2D eigenvalue weighted by molar-refractivity contribution is -0.147. The quantitative estimate of drug-likeness (QED) is 0.657. The zero-order valence-electron chi connectivity index (χ0n) is 8.67. The molecule has 0 aromatic rings. The Morgan fingerprint density at radius 3 is 2.62 bits per heavy atom. The van der Waals surface area contributed by atoms with Crippen LogP contribution in [0.2, 0.25) is 0 Å². The summed E-state index contributed by atoms with van der Waals surface area (Å²) in [7, 11) is 3.46. The first-order valence-corrected chi connectivity index (χ1v) is 4.94. The van der Waals surface area contributed by atoms with Crippen LogP contribution in [0.4, 0.5) is 0 Å². The van der Waals surface area contributed by atoms with Gasteiger partial charge in [0.15, 0.2) is 0 Å². The smallest absolute Gasteiger partial charge is 0.308 e. The van der Waals surface area contributed by atoms with Crippen LogP contribution in [0.1, 0.15) is 26.2 Å². The predicted octanol–water partition coefficient (Wildman–Crippen LogP) is 1.18. The molecule has 1 fully saturated rings. The van der Waals surface area contributed by atoms with Gasteiger partial charge in [-0.3, -0.25) is 4.79 Å². The van der Waals surface area contributed by atoms with Crippen LogP contribution < -0.4 is 5.32 Å². The number of nitrogens with one attached hydrogen (secondary N) is 1. The summed E-state index contributed by atoms with van der Waals surface area (Å²) in [6, 6.07) is 0.570. The monoisotopic (exact) mass is 185 g/mol. The summed E-state index contributed by atoms with van der Waals surface area (Å²) in [6.07, 6.45) is 3.00. The molecule has 0 amide bonds. The van der Waals surface area contributed by atoms with Crippen molar-refractivity contribution >= 4 is 5.97 Å². The third-order valence-electron chi connectivity index (χ3n) is 3.07. The standard InChI is InChI=1S/C10H19NO2/c1-7-6-8(10(12)13-3)4-5-9(7)11-2/h7-9,11H,4-6H2,1-3H3/t7-,8-,9?/m1/s1. The fourth-order valence-corrected chi connectivity index (χ4v) is 2.21. The Morgan fingerprint density at radius 1 is 1.46 bits per heavy atom. The molecule has 3 heteroatoms. The summed E-state index contributed by atoms with van der Waals surface area (Å²) in [5, 5.41) is 3.28. The molecular weight excluding hydrogens is 166 g/mol. The number of methoxy groups -OCH3 is 1. The Kier molecular flexibility index (Phi) is 3.72. The number of hydrogen-bond donors (Lipinski definition) is 1. The summed E-state index contributed by atoms with van der Waals surface area (Å²) in [5.41, 5.74) is 0. The predicted molar refractivity (Wildman–Crippen MR) is 51.4 cm³/mol. The zero-order valence-corrected chi connectivity index (χ0v) is 8.67. The van der Waals surface area contributed by atoms with Gasteiger partial charge in [0.2, 0.25) is 0 Å². The van der Waals surface area contributed by atoms with Crippen molar-refractivity contribution < 1.29 is 9.53 Å². The van der Waals surface area contributed by atoms with Crippen LogP contribution in [0.5, 0.6) is 0 Å². The van der Waals surface area contributed by atoms with Crippen LogP contribution in [0.3, 0.4) is 0 Å². The summed E-state index contributed by atoms with van der Waals surface area (Å²) in [6.45, 7) is 2.19. The van der Waals surface area contributed by atoms with Gasteiger partial charge in [-0.1, -0.05) is 6.92 Å². The van der Waals surface area contributed by atoms with Crippen molar-refractivity contribution in [3.8, 4) is 0 Å². The second kappa shape index (κ2) is 4.61. The molecular formula is C10H19NO2. The lowest BCUT2D eigenvalue weighted by Gasteiger charge is -2.32. The number of rotatable bonds is 2. The molecule has 0 bridgehead atoms. The molecule has 1 unspecified atom stereocenters. The summed E-state index contributed by atoms with van der Waals surface area (Å²) < 4.78 is 4.75. The van der Waals surface area contributed by atoms with E-state index in [1.807, 2.05) is 7.05 Å². The Labute approximate surface area is 79.8 Å². The summed E-state index contributed by atoms with van der Waals surface area (Å²) >= 11 is 0. The van der Waals surface area contributed by atoms with Gasteiger partial charge >= 0.3 is 5.97 Å². The van der Waals surface area contributed by atoms with Crippen LogP contribution in [-0.4, -0.2) is 26.2 Å². The van der Waals surface area contributed by atoms with Gasteiger partial charge in [-0.2, -0.15) is 0 Å². The maximum Gasteiger partial charge on any atom is 0.308 e. The van der Waals surface area contributed by atoms with Crippen LogP contribution in [0, 0.1) is 11.8 Å². The minimum Gasteiger partial charge on any atom is -0.469 e. The number of ether oxygens (including phenoxy) is 1. The molecule has 76 valence electrons. The second-order valence-electron chi connectivity index (χ2n) is 3.91. The normalized spacial score (nSPS) is 34.2. The van der Waals surface area contributed by atoms with Crippen molar-refractivity contribution in [3.63, 3.8) is 0 Å². The highest BCUT2D eigenvalue weighted by Gasteiger charge is 2.30. The number of esters is 1. The maximum atomic E-state index is 11.3. The minimum absolute atomic E-state index is 0.0404. The Bertz CT molecular complexity index is 182. The van der Waals surface area contributed by atoms with Gasteiger partial charge in [0, 0.05) is 6.04 Å². The zero-order chi connectivity index (χ0) is 9.84. The van der Waals surface area contributed by atoms with Gasteiger partial charge in [0.1, 0.15) is 0 Å². The third kappa shape index (κ3) is 2.44. The third-order valence-corrected chi connectivity index (χ3v) is 3.07. The molecule has 0 spiro atoms. The van der Waals surface area contributed by atoms with E-state index in [2.05, 4.69) is 12.2 Å². The molecule has 1 aliphatic carbocycles. The molecule has 13 heavy (non-hydrogen) atoms. The number of carbonyl (C=O) groups excluding carboxylic acids is 1. The molecule has 1 saturated carbocycles. The van der Waals surface area contributed by atoms with Crippen LogP contribution in [-0.2, 0) is 9.53 Å². The van der Waals surface area contributed by atoms with E-state index in [1.54, 1.807) is 0 Å². The van der Waals surface area contributed by atoms with E-state index in [1.165, 1.54) is 7.11 Å². The first-order chi connectivity index (χ1) is 6.19. The Hall–Kier alpha value is -0.570. The Morgan fingerprint density at radius 2 is 2.15 bits per heavy atom.